The van der Waals surface area contributed by atoms with Crippen molar-refractivity contribution in [3.8, 4) is 11.3 Å². The molecule has 1 heteroatoms. The lowest BCUT2D eigenvalue weighted by molar-refractivity contribution is 0.582. The SMILES string of the molecule is C=Cc1coc(-c2ccc3ccccc3c2)c1. The van der Waals surface area contributed by atoms with Crippen molar-refractivity contribution in [2.45, 2.75) is 0 Å². The van der Waals surface area contributed by atoms with E-state index < -0.39 is 0 Å². The minimum Gasteiger partial charge on any atom is -0.464 e. The third kappa shape index (κ3) is 1.76. The summed E-state index contributed by atoms with van der Waals surface area (Å²) in [6.07, 6.45) is 3.51. The molecule has 0 saturated carbocycles. The Balaban J connectivity index is 2.14. The first-order chi connectivity index (χ1) is 8.36. The van der Waals surface area contributed by atoms with E-state index >= 15 is 0 Å². The molecule has 1 heterocycles. The van der Waals surface area contributed by atoms with Crippen LogP contribution in [-0.4, -0.2) is 0 Å². The molecule has 1 nitrogen and oxygen atoms in total. The topological polar surface area (TPSA) is 13.1 Å². The molecule has 0 atom stereocenters. The predicted molar refractivity (Wildman–Crippen MR) is 71.7 cm³/mol. The van der Waals surface area contributed by atoms with Crippen molar-refractivity contribution in [2.75, 3.05) is 0 Å². The molecule has 3 aromatic rings. The van der Waals surface area contributed by atoms with Crippen molar-refractivity contribution in [1.29, 1.82) is 0 Å². The summed E-state index contributed by atoms with van der Waals surface area (Å²) in [6.45, 7) is 3.73. The number of fused-ring (bicyclic) bond motifs is 1. The minimum atomic E-state index is 0.880. The first kappa shape index (κ1) is 9.91. The van der Waals surface area contributed by atoms with E-state index in [1.165, 1.54) is 10.8 Å². The molecule has 0 aliphatic heterocycles. The van der Waals surface area contributed by atoms with Crippen LogP contribution in [0.15, 0.2) is 65.8 Å². The zero-order valence-corrected chi connectivity index (χ0v) is 9.39. The number of benzene rings is 2. The second-order valence-corrected chi connectivity index (χ2v) is 4.01. The van der Waals surface area contributed by atoms with Gasteiger partial charge in [-0.15, -0.1) is 0 Å². The molecule has 0 aliphatic rings. The summed E-state index contributed by atoms with van der Waals surface area (Å²) >= 11 is 0. The average Bonchev–Trinajstić information content (AvgIpc) is 2.87. The molecule has 0 bridgehead atoms. The van der Waals surface area contributed by atoms with E-state index in [0.29, 0.717) is 0 Å². The summed E-state index contributed by atoms with van der Waals surface area (Å²) in [7, 11) is 0. The van der Waals surface area contributed by atoms with E-state index in [4.69, 9.17) is 4.42 Å². The monoisotopic (exact) mass is 220 g/mol. The summed E-state index contributed by atoms with van der Waals surface area (Å²) < 4.78 is 5.52. The van der Waals surface area contributed by atoms with Crippen molar-refractivity contribution >= 4 is 16.8 Å². The van der Waals surface area contributed by atoms with Crippen molar-refractivity contribution in [3.05, 3.63) is 66.9 Å². The molecular formula is C16H12O. The van der Waals surface area contributed by atoms with Crippen LogP contribution in [-0.2, 0) is 0 Å². The third-order valence-corrected chi connectivity index (χ3v) is 2.89. The van der Waals surface area contributed by atoms with Crippen molar-refractivity contribution in [2.24, 2.45) is 0 Å². The molecule has 0 fully saturated rings. The van der Waals surface area contributed by atoms with Gasteiger partial charge in [0.15, 0.2) is 0 Å². The summed E-state index contributed by atoms with van der Waals surface area (Å²) in [5.41, 5.74) is 2.10. The first-order valence-corrected chi connectivity index (χ1v) is 5.57. The van der Waals surface area contributed by atoms with Gasteiger partial charge in [-0.3, -0.25) is 0 Å². The lowest BCUT2D eigenvalue weighted by atomic mass is 10.1. The molecule has 0 spiro atoms. The van der Waals surface area contributed by atoms with Gasteiger partial charge in [-0.05, 0) is 22.9 Å². The molecule has 0 amide bonds. The van der Waals surface area contributed by atoms with E-state index in [0.717, 1.165) is 16.9 Å². The number of furan rings is 1. The Labute approximate surface area is 100 Å². The van der Waals surface area contributed by atoms with Crippen LogP contribution in [0.4, 0.5) is 0 Å². The normalized spacial score (nSPS) is 10.6. The maximum atomic E-state index is 5.52. The van der Waals surface area contributed by atoms with Gasteiger partial charge in [0.1, 0.15) is 5.76 Å². The van der Waals surface area contributed by atoms with Crippen LogP contribution in [0.2, 0.25) is 0 Å². The molecule has 0 unspecified atom stereocenters. The molecular weight excluding hydrogens is 208 g/mol. The van der Waals surface area contributed by atoms with Gasteiger partial charge in [0.25, 0.3) is 0 Å². The van der Waals surface area contributed by atoms with Crippen LogP contribution < -0.4 is 0 Å². The molecule has 0 N–H and O–H groups in total. The Hall–Kier alpha value is -2.28. The third-order valence-electron chi connectivity index (χ3n) is 2.89. The Kier molecular flexibility index (Phi) is 2.30. The molecule has 17 heavy (non-hydrogen) atoms. The fraction of sp³-hybridized carbons (Fsp3) is 0. The van der Waals surface area contributed by atoms with Gasteiger partial charge in [-0.2, -0.15) is 0 Å². The fourth-order valence-electron chi connectivity index (χ4n) is 1.95. The Morgan fingerprint density at radius 3 is 2.53 bits per heavy atom. The average molecular weight is 220 g/mol. The molecule has 0 saturated heterocycles. The summed E-state index contributed by atoms with van der Waals surface area (Å²) in [4.78, 5) is 0. The van der Waals surface area contributed by atoms with Crippen LogP contribution >= 0.6 is 0 Å². The van der Waals surface area contributed by atoms with E-state index in [1.54, 1.807) is 12.3 Å². The molecule has 3 rings (SSSR count). The van der Waals surface area contributed by atoms with Gasteiger partial charge >= 0.3 is 0 Å². The lowest BCUT2D eigenvalue weighted by Crippen LogP contribution is -1.75. The van der Waals surface area contributed by atoms with Gasteiger partial charge in [0.05, 0.1) is 6.26 Å². The molecule has 0 radical (unpaired) electrons. The maximum Gasteiger partial charge on any atom is 0.134 e. The number of rotatable bonds is 2. The smallest absolute Gasteiger partial charge is 0.134 e. The zero-order chi connectivity index (χ0) is 11.7. The van der Waals surface area contributed by atoms with Crippen LogP contribution in [0.25, 0.3) is 28.2 Å². The Bertz CT molecular complexity index is 677. The summed E-state index contributed by atoms with van der Waals surface area (Å²) in [5, 5.41) is 2.47. The van der Waals surface area contributed by atoms with Crippen LogP contribution in [0.3, 0.4) is 0 Å². The predicted octanol–water partition coefficient (Wildman–Crippen LogP) is 4.74. The van der Waals surface area contributed by atoms with Gasteiger partial charge in [0.2, 0.25) is 0 Å². The molecule has 1 aromatic heterocycles. The second kappa shape index (κ2) is 3.95. The van der Waals surface area contributed by atoms with Gasteiger partial charge in [0, 0.05) is 11.1 Å². The van der Waals surface area contributed by atoms with E-state index in [9.17, 15) is 0 Å². The fourth-order valence-corrected chi connectivity index (χ4v) is 1.95. The van der Waals surface area contributed by atoms with Gasteiger partial charge < -0.3 is 4.42 Å². The molecule has 2 aromatic carbocycles. The highest BCUT2D eigenvalue weighted by atomic mass is 16.3. The van der Waals surface area contributed by atoms with Crippen molar-refractivity contribution in [3.63, 3.8) is 0 Å². The van der Waals surface area contributed by atoms with E-state index in [2.05, 4.69) is 36.9 Å². The molecule has 0 aliphatic carbocycles. The quantitative estimate of drug-likeness (QED) is 0.607. The highest BCUT2D eigenvalue weighted by Gasteiger charge is 2.03. The number of hydrogen-bond donors (Lipinski definition) is 0. The standard InChI is InChI=1S/C16H12O/c1-2-12-9-16(17-11-12)15-8-7-13-5-3-4-6-14(13)10-15/h2-11H,1H2. The zero-order valence-electron chi connectivity index (χ0n) is 9.39. The van der Waals surface area contributed by atoms with Gasteiger partial charge in [-0.25, -0.2) is 0 Å². The minimum absolute atomic E-state index is 0.880. The largest absolute Gasteiger partial charge is 0.464 e. The van der Waals surface area contributed by atoms with E-state index in [1.807, 2.05) is 18.2 Å². The lowest BCUT2D eigenvalue weighted by Gasteiger charge is -2.00. The molecule has 82 valence electrons. The maximum absolute atomic E-state index is 5.52. The highest BCUT2D eigenvalue weighted by Crippen LogP contribution is 2.26. The number of hydrogen-bond acceptors (Lipinski definition) is 1. The summed E-state index contributed by atoms with van der Waals surface area (Å²) in [6, 6.07) is 16.6. The van der Waals surface area contributed by atoms with E-state index in [-0.39, 0.29) is 0 Å². The summed E-state index contributed by atoms with van der Waals surface area (Å²) in [5.74, 6) is 0.880. The first-order valence-electron chi connectivity index (χ1n) is 5.57. The highest BCUT2D eigenvalue weighted by molar-refractivity contribution is 5.86. The Morgan fingerprint density at radius 2 is 1.76 bits per heavy atom. The second-order valence-electron chi connectivity index (χ2n) is 4.01. The Morgan fingerprint density at radius 1 is 0.941 bits per heavy atom. The van der Waals surface area contributed by atoms with Crippen LogP contribution in [0.1, 0.15) is 5.56 Å². The van der Waals surface area contributed by atoms with Gasteiger partial charge in [-0.1, -0.05) is 49.1 Å². The van der Waals surface area contributed by atoms with Crippen LogP contribution in [0, 0.1) is 0 Å². The van der Waals surface area contributed by atoms with Crippen molar-refractivity contribution in [1.82, 2.24) is 0 Å². The van der Waals surface area contributed by atoms with Crippen LogP contribution in [0.5, 0.6) is 0 Å². The van der Waals surface area contributed by atoms with Crippen molar-refractivity contribution < 1.29 is 4.42 Å².